The van der Waals surface area contributed by atoms with E-state index < -0.39 is 0 Å². The van der Waals surface area contributed by atoms with E-state index in [9.17, 15) is 4.79 Å². The highest BCUT2D eigenvalue weighted by Crippen LogP contribution is 2.18. The number of nitrogens with one attached hydrogen (secondary N) is 1. The second-order valence-corrected chi connectivity index (χ2v) is 5.78. The van der Waals surface area contributed by atoms with Gasteiger partial charge in [0.05, 0.1) is 18.7 Å². The van der Waals surface area contributed by atoms with Gasteiger partial charge in [-0.25, -0.2) is 0 Å². The molecule has 1 aromatic rings. The number of carbonyl (C=O) groups is 1. The Hall–Kier alpha value is -1.32. The molecule has 2 rings (SSSR count). The summed E-state index contributed by atoms with van der Waals surface area (Å²) in [5.74, 6) is 0.700. The van der Waals surface area contributed by atoms with E-state index in [4.69, 9.17) is 4.74 Å². The molecule has 1 atom stereocenters. The van der Waals surface area contributed by atoms with Crippen molar-refractivity contribution in [2.75, 3.05) is 33.3 Å². The molecular formula is C16H28IN5O2. The van der Waals surface area contributed by atoms with Gasteiger partial charge in [0.15, 0.2) is 5.96 Å². The zero-order valence-corrected chi connectivity index (χ0v) is 17.0. The lowest BCUT2D eigenvalue weighted by Crippen LogP contribution is -2.48. The smallest absolute Gasteiger partial charge is 0.310 e. The van der Waals surface area contributed by atoms with Crippen LogP contribution < -0.4 is 5.32 Å². The molecule has 1 N–H and O–H groups in total. The Morgan fingerprint density at radius 1 is 1.54 bits per heavy atom. The van der Waals surface area contributed by atoms with Crippen LogP contribution in [0.1, 0.15) is 25.3 Å². The molecule has 2 heterocycles. The molecule has 0 amide bonds. The Morgan fingerprint density at radius 2 is 2.33 bits per heavy atom. The van der Waals surface area contributed by atoms with Crippen molar-refractivity contribution in [3.05, 3.63) is 18.0 Å². The third kappa shape index (κ3) is 5.95. The van der Waals surface area contributed by atoms with Gasteiger partial charge in [-0.3, -0.25) is 14.5 Å². The molecule has 1 aliphatic heterocycles. The normalized spacial score (nSPS) is 18.0. The van der Waals surface area contributed by atoms with Gasteiger partial charge in [0.25, 0.3) is 0 Å². The van der Waals surface area contributed by atoms with Crippen molar-refractivity contribution in [1.29, 1.82) is 0 Å². The summed E-state index contributed by atoms with van der Waals surface area (Å²) in [7, 11) is 3.69. The predicted octanol–water partition coefficient (Wildman–Crippen LogP) is 1.43. The number of guanidine groups is 1. The van der Waals surface area contributed by atoms with E-state index in [1.807, 2.05) is 26.4 Å². The van der Waals surface area contributed by atoms with Crippen LogP contribution in [0.15, 0.2) is 17.4 Å². The molecule has 0 saturated carbocycles. The maximum atomic E-state index is 11.9. The summed E-state index contributed by atoms with van der Waals surface area (Å²) >= 11 is 0. The molecule has 1 unspecified atom stereocenters. The Kier molecular flexibility index (Phi) is 9.09. The zero-order valence-electron chi connectivity index (χ0n) is 14.7. The first-order chi connectivity index (χ1) is 11.1. The van der Waals surface area contributed by atoms with Crippen LogP contribution in [0.5, 0.6) is 0 Å². The Labute approximate surface area is 160 Å². The summed E-state index contributed by atoms with van der Waals surface area (Å²) in [4.78, 5) is 18.4. The van der Waals surface area contributed by atoms with Crippen LogP contribution >= 0.6 is 24.0 Å². The minimum atomic E-state index is -0.0944. The molecule has 0 bridgehead atoms. The van der Waals surface area contributed by atoms with Gasteiger partial charge in [-0.2, -0.15) is 5.10 Å². The molecule has 7 nitrogen and oxygen atoms in total. The number of carbonyl (C=O) groups excluding carboxylic acids is 1. The van der Waals surface area contributed by atoms with Crippen LogP contribution in [-0.4, -0.2) is 59.9 Å². The van der Waals surface area contributed by atoms with Gasteiger partial charge in [0.2, 0.25) is 0 Å². The molecule has 136 valence electrons. The molecule has 0 spiro atoms. The number of halogens is 1. The second kappa shape index (κ2) is 10.5. The third-order valence-corrected chi connectivity index (χ3v) is 4.01. The number of hydrogen-bond acceptors (Lipinski definition) is 4. The fourth-order valence-electron chi connectivity index (χ4n) is 2.87. The van der Waals surface area contributed by atoms with Crippen LogP contribution in [0, 0.1) is 5.92 Å². The number of aromatic nitrogens is 2. The van der Waals surface area contributed by atoms with Gasteiger partial charge in [0.1, 0.15) is 0 Å². The standard InChI is InChI=1S/C16H27N5O2.HI/c1-4-23-15(22)14-6-5-9-21(12-14)16(17-2)18-8-7-13-10-19-20(3)11-13;/h10-11,14H,4-9,12H2,1-3H3,(H,17,18);1H. The molecule has 1 fully saturated rings. The van der Waals surface area contributed by atoms with Crippen molar-refractivity contribution in [3.8, 4) is 0 Å². The van der Waals surface area contributed by atoms with E-state index in [1.165, 1.54) is 5.56 Å². The van der Waals surface area contributed by atoms with Crippen LogP contribution in [0.2, 0.25) is 0 Å². The Bertz CT molecular complexity index is 546. The van der Waals surface area contributed by atoms with Gasteiger partial charge in [-0.15, -0.1) is 24.0 Å². The zero-order chi connectivity index (χ0) is 16.7. The predicted molar refractivity (Wildman–Crippen MR) is 105 cm³/mol. The summed E-state index contributed by atoms with van der Waals surface area (Å²) < 4.78 is 6.95. The minimum absolute atomic E-state index is 0. The van der Waals surface area contributed by atoms with Gasteiger partial charge in [-0.05, 0) is 31.7 Å². The van der Waals surface area contributed by atoms with E-state index in [0.29, 0.717) is 13.2 Å². The van der Waals surface area contributed by atoms with Crippen molar-refractivity contribution < 1.29 is 9.53 Å². The Balaban J connectivity index is 0.00000288. The van der Waals surface area contributed by atoms with Crippen molar-refractivity contribution in [2.24, 2.45) is 18.0 Å². The second-order valence-electron chi connectivity index (χ2n) is 5.78. The van der Waals surface area contributed by atoms with Crippen molar-refractivity contribution in [2.45, 2.75) is 26.2 Å². The van der Waals surface area contributed by atoms with E-state index in [-0.39, 0.29) is 35.9 Å². The summed E-state index contributed by atoms with van der Waals surface area (Å²) in [6.45, 7) is 4.66. The van der Waals surface area contributed by atoms with Gasteiger partial charge < -0.3 is 15.0 Å². The fourth-order valence-corrected chi connectivity index (χ4v) is 2.87. The van der Waals surface area contributed by atoms with Crippen LogP contribution in [0.4, 0.5) is 0 Å². The highest BCUT2D eigenvalue weighted by Gasteiger charge is 2.28. The molecule has 0 aliphatic carbocycles. The fraction of sp³-hybridized carbons (Fsp3) is 0.688. The van der Waals surface area contributed by atoms with Crippen molar-refractivity contribution >= 4 is 35.9 Å². The number of aliphatic imine (C=N–C) groups is 1. The van der Waals surface area contributed by atoms with Gasteiger partial charge in [0, 0.05) is 39.9 Å². The Morgan fingerprint density at radius 3 is 2.96 bits per heavy atom. The molecule has 1 aromatic heterocycles. The largest absolute Gasteiger partial charge is 0.466 e. The summed E-state index contributed by atoms with van der Waals surface area (Å²) in [6, 6.07) is 0. The topological polar surface area (TPSA) is 71.8 Å². The molecule has 1 aliphatic rings. The monoisotopic (exact) mass is 449 g/mol. The average molecular weight is 449 g/mol. The van der Waals surface area contributed by atoms with E-state index in [1.54, 1.807) is 11.7 Å². The molecule has 0 radical (unpaired) electrons. The summed E-state index contributed by atoms with van der Waals surface area (Å²) in [5.41, 5.74) is 1.19. The maximum Gasteiger partial charge on any atom is 0.310 e. The number of piperidine rings is 1. The van der Waals surface area contributed by atoms with Crippen molar-refractivity contribution in [3.63, 3.8) is 0 Å². The molecule has 24 heavy (non-hydrogen) atoms. The lowest BCUT2D eigenvalue weighted by Gasteiger charge is -2.33. The number of aryl methyl sites for hydroxylation is 1. The number of rotatable bonds is 5. The molecule has 1 saturated heterocycles. The lowest BCUT2D eigenvalue weighted by atomic mass is 9.98. The first-order valence-electron chi connectivity index (χ1n) is 8.23. The highest BCUT2D eigenvalue weighted by molar-refractivity contribution is 14.0. The quantitative estimate of drug-likeness (QED) is 0.319. The third-order valence-electron chi connectivity index (χ3n) is 4.01. The highest BCUT2D eigenvalue weighted by atomic mass is 127. The van der Waals surface area contributed by atoms with Crippen LogP contribution in [-0.2, 0) is 23.0 Å². The van der Waals surface area contributed by atoms with E-state index in [0.717, 1.165) is 38.3 Å². The average Bonchev–Trinajstić information content (AvgIpc) is 2.97. The van der Waals surface area contributed by atoms with Crippen molar-refractivity contribution in [1.82, 2.24) is 20.0 Å². The molecular weight excluding hydrogens is 421 g/mol. The maximum absolute atomic E-state index is 11.9. The van der Waals surface area contributed by atoms with Gasteiger partial charge in [-0.1, -0.05) is 0 Å². The van der Waals surface area contributed by atoms with E-state index >= 15 is 0 Å². The summed E-state index contributed by atoms with van der Waals surface area (Å²) in [6.07, 6.45) is 6.65. The number of nitrogens with zero attached hydrogens (tertiary/aromatic N) is 4. The van der Waals surface area contributed by atoms with Gasteiger partial charge >= 0.3 is 5.97 Å². The first-order valence-corrected chi connectivity index (χ1v) is 8.23. The SMILES string of the molecule is CCOC(=O)C1CCCN(C(=NC)NCCc2cnn(C)c2)C1.I. The van der Waals surface area contributed by atoms with E-state index in [2.05, 4.69) is 20.3 Å². The lowest BCUT2D eigenvalue weighted by molar-refractivity contribution is -0.149. The first kappa shape index (κ1) is 20.7. The number of likely N-dealkylation sites (tertiary alicyclic amines) is 1. The number of ether oxygens (including phenoxy) is 1. The number of hydrogen-bond donors (Lipinski definition) is 1. The summed E-state index contributed by atoms with van der Waals surface area (Å²) in [5, 5.41) is 7.54. The molecule has 8 heteroatoms. The number of esters is 1. The van der Waals surface area contributed by atoms with Crippen LogP contribution in [0.25, 0.3) is 0 Å². The van der Waals surface area contributed by atoms with Crippen LogP contribution in [0.3, 0.4) is 0 Å². The minimum Gasteiger partial charge on any atom is -0.466 e. The molecule has 0 aromatic carbocycles.